The number of aryl methyl sites for hydroxylation is 1. The molecule has 0 aliphatic heterocycles. The molecule has 2 aromatic carbocycles. The van der Waals surface area contributed by atoms with Crippen LogP contribution in [0.2, 0.25) is 0 Å². The smallest absolute Gasteiger partial charge is 0.324 e. The summed E-state index contributed by atoms with van der Waals surface area (Å²) in [5, 5.41) is 14.1. The maximum atomic E-state index is 12.8. The third kappa shape index (κ3) is 5.63. The van der Waals surface area contributed by atoms with Gasteiger partial charge in [-0.05, 0) is 36.4 Å². The number of alkyl halides is 3. The minimum atomic E-state index is -4.46. The maximum absolute atomic E-state index is 12.8. The van der Waals surface area contributed by atoms with Gasteiger partial charge in [0.1, 0.15) is 6.54 Å². The minimum absolute atomic E-state index is 0. The fraction of sp³-hybridized carbons (Fsp3) is 0.263. The highest BCUT2D eigenvalue weighted by atomic mass is 19.4. The molecule has 150 valence electrons. The number of amides is 1. The van der Waals surface area contributed by atoms with E-state index >= 15 is 0 Å². The zero-order chi connectivity index (χ0) is 18.7. The van der Waals surface area contributed by atoms with Gasteiger partial charge in [-0.1, -0.05) is 44.7 Å². The van der Waals surface area contributed by atoms with Gasteiger partial charge in [-0.3, -0.25) is 4.79 Å². The highest BCUT2D eigenvalue weighted by Gasteiger charge is 2.30. The van der Waals surface area contributed by atoms with Crippen LogP contribution in [0.1, 0.15) is 26.0 Å². The van der Waals surface area contributed by atoms with Gasteiger partial charge < -0.3 is 5.32 Å². The number of rotatable bonds is 4. The van der Waals surface area contributed by atoms with E-state index in [1.807, 2.05) is 19.1 Å². The van der Waals surface area contributed by atoms with Gasteiger partial charge in [0.05, 0.1) is 5.56 Å². The number of carbonyl (C=O) groups excluding carboxylic acids is 1. The number of aromatic nitrogens is 4. The lowest BCUT2D eigenvalue weighted by Crippen LogP contribution is -2.20. The summed E-state index contributed by atoms with van der Waals surface area (Å²) in [5.74, 6) is -0.360. The summed E-state index contributed by atoms with van der Waals surface area (Å²) in [6.07, 6.45) is -4.46. The first-order chi connectivity index (χ1) is 12.3. The lowest BCUT2D eigenvalue weighted by atomic mass is 10.1. The second kappa shape index (κ2) is 9.12. The van der Waals surface area contributed by atoms with E-state index in [2.05, 4.69) is 20.7 Å². The molecule has 0 fully saturated rings. The van der Waals surface area contributed by atoms with Crippen LogP contribution in [0.15, 0.2) is 48.5 Å². The fourth-order valence-electron chi connectivity index (χ4n) is 2.23. The fourth-order valence-corrected chi connectivity index (χ4v) is 2.23. The van der Waals surface area contributed by atoms with Crippen LogP contribution in [-0.2, 0) is 17.5 Å². The molecule has 0 radical (unpaired) electrons. The molecule has 28 heavy (non-hydrogen) atoms. The molecule has 0 unspecified atom stereocenters. The maximum Gasteiger partial charge on any atom is 0.416 e. The molecule has 0 aliphatic rings. The Labute approximate surface area is 161 Å². The normalized spacial score (nSPS) is 10.6. The lowest BCUT2D eigenvalue weighted by molar-refractivity contribution is -0.137. The number of tetrazole rings is 1. The van der Waals surface area contributed by atoms with Gasteiger partial charge in [0.25, 0.3) is 0 Å². The molecule has 0 bridgehead atoms. The minimum Gasteiger partial charge on any atom is -0.324 e. The van der Waals surface area contributed by atoms with Gasteiger partial charge in [0, 0.05) is 11.3 Å². The van der Waals surface area contributed by atoms with Crippen LogP contribution in [0, 0.1) is 6.92 Å². The molecule has 1 aromatic heterocycles. The molecular formula is C19H22F3N5O. The van der Waals surface area contributed by atoms with Crippen LogP contribution in [0.5, 0.6) is 0 Å². The van der Waals surface area contributed by atoms with Crippen molar-refractivity contribution in [1.29, 1.82) is 0 Å². The molecule has 1 amide bonds. The van der Waals surface area contributed by atoms with Crippen LogP contribution >= 0.6 is 0 Å². The quantitative estimate of drug-likeness (QED) is 0.704. The second-order valence-corrected chi connectivity index (χ2v) is 5.64. The van der Waals surface area contributed by atoms with E-state index in [4.69, 9.17) is 0 Å². The van der Waals surface area contributed by atoms with Crippen molar-refractivity contribution in [3.8, 4) is 11.4 Å². The molecule has 0 atom stereocenters. The molecule has 0 saturated carbocycles. The van der Waals surface area contributed by atoms with E-state index < -0.39 is 11.7 Å². The first-order valence-corrected chi connectivity index (χ1v) is 7.63. The number of nitrogens with zero attached hydrogens (tertiary/aromatic N) is 4. The Morgan fingerprint density at radius 2 is 1.79 bits per heavy atom. The predicted molar refractivity (Wildman–Crippen MR) is 102 cm³/mol. The predicted octanol–water partition coefficient (Wildman–Crippen LogP) is 4.58. The molecule has 0 aliphatic carbocycles. The summed E-state index contributed by atoms with van der Waals surface area (Å²) in [4.78, 5) is 13.0. The molecule has 3 aromatic rings. The standard InChI is InChI=1S/C17H14F3N5O.2CH4/c1-11-5-7-14(8-6-11)21-15(26)10-25-23-16(22-24-25)12-3-2-4-13(9-12)17(18,19)20;;/h2-9H,10H2,1H3,(H,21,26);2*1H4. The van der Waals surface area contributed by atoms with E-state index in [9.17, 15) is 18.0 Å². The second-order valence-electron chi connectivity index (χ2n) is 5.64. The third-order valence-corrected chi connectivity index (χ3v) is 3.52. The van der Waals surface area contributed by atoms with Gasteiger partial charge in [0.2, 0.25) is 11.7 Å². The number of benzene rings is 2. The summed E-state index contributed by atoms with van der Waals surface area (Å²) in [7, 11) is 0. The number of hydrogen-bond acceptors (Lipinski definition) is 4. The molecular weight excluding hydrogens is 371 g/mol. The number of nitrogens with one attached hydrogen (secondary N) is 1. The highest BCUT2D eigenvalue weighted by Crippen LogP contribution is 2.31. The Bertz CT molecular complexity index is 920. The van der Waals surface area contributed by atoms with Crippen LogP contribution < -0.4 is 5.32 Å². The van der Waals surface area contributed by atoms with E-state index in [0.29, 0.717) is 5.69 Å². The van der Waals surface area contributed by atoms with Gasteiger partial charge in [-0.15, -0.1) is 10.2 Å². The number of carbonyl (C=O) groups is 1. The average Bonchev–Trinajstić information content (AvgIpc) is 3.05. The van der Waals surface area contributed by atoms with Crippen molar-refractivity contribution in [2.45, 2.75) is 34.5 Å². The molecule has 0 spiro atoms. The Kier molecular flexibility index (Phi) is 7.43. The van der Waals surface area contributed by atoms with E-state index in [0.717, 1.165) is 22.5 Å². The Morgan fingerprint density at radius 3 is 2.43 bits per heavy atom. The lowest BCUT2D eigenvalue weighted by Gasteiger charge is -2.06. The van der Waals surface area contributed by atoms with Crippen LogP contribution in [0.4, 0.5) is 18.9 Å². The van der Waals surface area contributed by atoms with Crippen molar-refractivity contribution in [3.63, 3.8) is 0 Å². The van der Waals surface area contributed by atoms with E-state index in [1.165, 1.54) is 12.1 Å². The molecule has 1 heterocycles. The van der Waals surface area contributed by atoms with Crippen molar-refractivity contribution in [3.05, 3.63) is 59.7 Å². The van der Waals surface area contributed by atoms with Gasteiger partial charge in [-0.2, -0.15) is 18.0 Å². The van der Waals surface area contributed by atoms with Gasteiger partial charge >= 0.3 is 6.18 Å². The van der Waals surface area contributed by atoms with Gasteiger partial charge in [0.15, 0.2) is 0 Å². The largest absolute Gasteiger partial charge is 0.416 e. The Hall–Kier alpha value is -3.23. The summed E-state index contributed by atoms with van der Waals surface area (Å²) >= 11 is 0. The van der Waals surface area contributed by atoms with Crippen LogP contribution in [-0.4, -0.2) is 26.1 Å². The zero-order valence-corrected chi connectivity index (χ0v) is 13.7. The molecule has 0 saturated heterocycles. The number of anilines is 1. The monoisotopic (exact) mass is 393 g/mol. The number of halogens is 3. The molecule has 6 nitrogen and oxygen atoms in total. The van der Waals surface area contributed by atoms with E-state index in [-0.39, 0.29) is 38.7 Å². The summed E-state index contributed by atoms with van der Waals surface area (Å²) < 4.78 is 38.3. The zero-order valence-electron chi connectivity index (χ0n) is 13.7. The summed E-state index contributed by atoms with van der Waals surface area (Å²) in [6.45, 7) is 1.72. The van der Waals surface area contributed by atoms with Gasteiger partial charge in [-0.25, -0.2) is 0 Å². The topological polar surface area (TPSA) is 72.7 Å². The number of hydrogen-bond donors (Lipinski definition) is 1. The summed E-state index contributed by atoms with van der Waals surface area (Å²) in [6, 6.07) is 11.8. The van der Waals surface area contributed by atoms with Crippen LogP contribution in [0.3, 0.4) is 0 Å². The SMILES string of the molecule is C.C.Cc1ccc(NC(=O)Cn2nnc(-c3cccc(C(F)(F)F)c3)n2)cc1. The van der Waals surface area contributed by atoms with Crippen molar-refractivity contribution in [2.24, 2.45) is 0 Å². The third-order valence-electron chi connectivity index (χ3n) is 3.52. The van der Waals surface area contributed by atoms with E-state index in [1.54, 1.807) is 12.1 Å². The Balaban J connectivity index is 0.00000196. The highest BCUT2D eigenvalue weighted by molar-refractivity contribution is 5.90. The van der Waals surface area contributed by atoms with Crippen LogP contribution in [0.25, 0.3) is 11.4 Å². The first kappa shape index (κ1) is 22.8. The Morgan fingerprint density at radius 1 is 1.11 bits per heavy atom. The molecule has 1 N–H and O–H groups in total. The summed E-state index contributed by atoms with van der Waals surface area (Å²) in [5.41, 5.74) is 1.05. The first-order valence-electron chi connectivity index (χ1n) is 7.63. The average molecular weight is 393 g/mol. The molecule has 9 heteroatoms. The van der Waals surface area contributed by atoms with Crippen molar-refractivity contribution in [2.75, 3.05) is 5.32 Å². The molecule has 3 rings (SSSR count). The van der Waals surface area contributed by atoms with Crippen molar-refractivity contribution in [1.82, 2.24) is 20.2 Å². The van der Waals surface area contributed by atoms with Crippen molar-refractivity contribution < 1.29 is 18.0 Å². The van der Waals surface area contributed by atoms with Crippen molar-refractivity contribution >= 4 is 11.6 Å².